The van der Waals surface area contributed by atoms with Crippen LogP contribution in [0.3, 0.4) is 0 Å². The van der Waals surface area contributed by atoms with Crippen molar-refractivity contribution in [3.05, 3.63) is 0 Å². The molecule has 0 aliphatic heterocycles. The molecule has 3 N–H and O–H groups in total. The molecule has 0 saturated heterocycles. The molecule has 0 aromatic carbocycles. The van der Waals surface area contributed by atoms with Crippen LogP contribution >= 0.6 is 12.4 Å². The third kappa shape index (κ3) is 6.13. The highest BCUT2D eigenvalue weighted by Gasteiger charge is 2.30. The molecule has 1 aliphatic rings. The molecule has 0 aromatic rings. The van der Waals surface area contributed by atoms with Gasteiger partial charge in [0, 0.05) is 6.04 Å². The molecule has 0 bridgehead atoms. The van der Waals surface area contributed by atoms with Gasteiger partial charge in [0.25, 0.3) is 0 Å². The van der Waals surface area contributed by atoms with Crippen LogP contribution in [0.5, 0.6) is 0 Å². The van der Waals surface area contributed by atoms with Gasteiger partial charge < -0.3 is 11.1 Å². The number of nitrogens with one attached hydrogen (secondary N) is 1. The maximum atomic E-state index is 12.0. The highest BCUT2D eigenvalue weighted by atomic mass is 35.5. The van der Waals surface area contributed by atoms with Crippen molar-refractivity contribution in [2.45, 2.75) is 78.3 Å². The Balaban J connectivity index is 0.00000324. The molecule has 114 valence electrons. The average Bonchev–Trinajstić information content (AvgIpc) is 2.30. The normalized spacial score (nSPS) is 25.3. The van der Waals surface area contributed by atoms with Crippen LogP contribution in [-0.4, -0.2) is 18.0 Å². The van der Waals surface area contributed by atoms with E-state index in [2.05, 4.69) is 12.2 Å². The van der Waals surface area contributed by atoms with Gasteiger partial charge in [-0.3, -0.25) is 4.79 Å². The number of carbonyl (C=O) groups is 1. The van der Waals surface area contributed by atoms with Gasteiger partial charge in [-0.2, -0.15) is 0 Å². The highest BCUT2D eigenvalue weighted by Crippen LogP contribution is 2.28. The molecule has 0 unspecified atom stereocenters. The van der Waals surface area contributed by atoms with Gasteiger partial charge in [-0.15, -0.1) is 12.4 Å². The second-order valence-electron chi connectivity index (χ2n) is 6.86. The van der Waals surface area contributed by atoms with E-state index in [0.29, 0.717) is 6.04 Å². The van der Waals surface area contributed by atoms with Gasteiger partial charge >= 0.3 is 0 Å². The van der Waals surface area contributed by atoms with E-state index in [1.807, 2.05) is 20.8 Å². The largest absolute Gasteiger partial charge is 0.352 e. The van der Waals surface area contributed by atoms with Crippen molar-refractivity contribution in [2.24, 2.45) is 17.1 Å². The van der Waals surface area contributed by atoms with E-state index < -0.39 is 6.04 Å². The molecular formula is C15H31ClN2O. The summed E-state index contributed by atoms with van der Waals surface area (Å²) in [4.78, 5) is 12.0. The van der Waals surface area contributed by atoms with Gasteiger partial charge in [-0.05, 0) is 37.0 Å². The number of nitrogens with two attached hydrogens (primary N) is 1. The molecule has 0 aromatic heterocycles. The van der Waals surface area contributed by atoms with Gasteiger partial charge in [-0.1, -0.05) is 40.5 Å². The molecule has 1 rings (SSSR count). The molecule has 1 amide bonds. The maximum Gasteiger partial charge on any atom is 0.237 e. The fourth-order valence-corrected chi connectivity index (χ4v) is 2.69. The Morgan fingerprint density at radius 2 is 1.79 bits per heavy atom. The number of hydrogen-bond acceptors (Lipinski definition) is 2. The maximum absolute atomic E-state index is 12.0. The van der Waals surface area contributed by atoms with Crippen molar-refractivity contribution in [3.63, 3.8) is 0 Å². The Hall–Kier alpha value is -0.280. The van der Waals surface area contributed by atoms with Crippen LogP contribution in [0.4, 0.5) is 0 Å². The number of halogens is 1. The third-order valence-electron chi connectivity index (χ3n) is 4.11. The van der Waals surface area contributed by atoms with Crippen LogP contribution in [0.15, 0.2) is 0 Å². The first-order chi connectivity index (χ1) is 8.34. The topological polar surface area (TPSA) is 55.1 Å². The summed E-state index contributed by atoms with van der Waals surface area (Å²) in [5, 5.41) is 3.12. The highest BCUT2D eigenvalue weighted by molar-refractivity contribution is 5.85. The lowest BCUT2D eigenvalue weighted by Gasteiger charge is -2.32. The van der Waals surface area contributed by atoms with E-state index in [9.17, 15) is 4.79 Å². The first-order valence-corrected chi connectivity index (χ1v) is 7.40. The molecule has 3 nitrogen and oxygen atoms in total. The number of amides is 1. The minimum absolute atomic E-state index is 0. The van der Waals surface area contributed by atoms with Crippen LogP contribution in [0, 0.1) is 11.3 Å². The smallest absolute Gasteiger partial charge is 0.237 e. The van der Waals surface area contributed by atoms with Crippen molar-refractivity contribution < 1.29 is 4.79 Å². The first-order valence-electron chi connectivity index (χ1n) is 7.40. The zero-order valence-electron chi connectivity index (χ0n) is 12.9. The van der Waals surface area contributed by atoms with E-state index in [4.69, 9.17) is 5.73 Å². The van der Waals surface area contributed by atoms with Crippen molar-refractivity contribution in [1.82, 2.24) is 5.32 Å². The zero-order valence-corrected chi connectivity index (χ0v) is 13.7. The molecule has 0 heterocycles. The molecule has 1 aliphatic carbocycles. The predicted molar refractivity (Wildman–Crippen MR) is 83.5 cm³/mol. The average molecular weight is 291 g/mol. The molecule has 1 atom stereocenters. The van der Waals surface area contributed by atoms with Gasteiger partial charge in [-0.25, -0.2) is 0 Å². The van der Waals surface area contributed by atoms with Crippen LogP contribution in [-0.2, 0) is 4.79 Å². The van der Waals surface area contributed by atoms with E-state index in [0.717, 1.165) is 18.8 Å². The molecular weight excluding hydrogens is 260 g/mol. The first kappa shape index (κ1) is 18.7. The SMILES string of the molecule is CCCC1CCC(NC(=O)[C@@H](N)C(C)(C)C)CC1.Cl. The van der Waals surface area contributed by atoms with Crippen molar-refractivity contribution in [1.29, 1.82) is 0 Å². The summed E-state index contributed by atoms with van der Waals surface area (Å²) in [5.74, 6) is 0.890. The lowest BCUT2D eigenvalue weighted by atomic mass is 9.82. The minimum Gasteiger partial charge on any atom is -0.352 e. The van der Waals surface area contributed by atoms with Crippen LogP contribution < -0.4 is 11.1 Å². The van der Waals surface area contributed by atoms with E-state index in [1.165, 1.54) is 25.7 Å². The Kier molecular flexibility index (Phi) is 7.99. The van der Waals surface area contributed by atoms with E-state index >= 15 is 0 Å². The fraction of sp³-hybridized carbons (Fsp3) is 0.933. The summed E-state index contributed by atoms with van der Waals surface area (Å²) in [6.45, 7) is 8.27. The zero-order chi connectivity index (χ0) is 13.8. The summed E-state index contributed by atoms with van der Waals surface area (Å²) in [6, 6.07) is -0.0649. The van der Waals surface area contributed by atoms with Crippen LogP contribution in [0.2, 0.25) is 0 Å². The summed E-state index contributed by atoms with van der Waals surface area (Å²) in [6.07, 6.45) is 7.35. The van der Waals surface area contributed by atoms with Gasteiger partial charge in [0.15, 0.2) is 0 Å². The summed E-state index contributed by atoms with van der Waals surface area (Å²) >= 11 is 0. The number of carbonyl (C=O) groups excluding carboxylic acids is 1. The third-order valence-corrected chi connectivity index (χ3v) is 4.11. The standard InChI is InChI=1S/C15H30N2O.ClH/c1-5-6-11-7-9-12(10-8-11)17-14(18)13(16)15(2,3)4;/h11-13H,5-10,16H2,1-4H3,(H,17,18);1H/t11?,12?,13-;/m1./s1. The minimum atomic E-state index is -0.411. The quantitative estimate of drug-likeness (QED) is 0.835. The van der Waals surface area contributed by atoms with Crippen LogP contribution in [0.25, 0.3) is 0 Å². The molecule has 0 spiro atoms. The summed E-state index contributed by atoms with van der Waals surface area (Å²) in [7, 11) is 0. The Morgan fingerprint density at radius 1 is 1.26 bits per heavy atom. The fourth-order valence-electron chi connectivity index (χ4n) is 2.69. The molecule has 1 saturated carbocycles. The Labute approximate surface area is 124 Å². The summed E-state index contributed by atoms with van der Waals surface area (Å²) < 4.78 is 0. The monoisotopic (exact) mass is 290 g/mol. The molecule has 19 heavy (non-hydrogen) atoms. The number of hydrogen-bond donors (Lipinski definition) is 2. The lowest BCUT2D eigenvalue weighted by molar-refractivity contribution is -0.125. The van der Waals surface area contributed by atoms with Crippen molar-refractivity contribution in [2.75, 3.05) is 0 Å². The lowest BCUT2D eigenvalue weighted by Crippen LogP contribution is -2.51. The second kappa shape index (κ2) is 8.11. The Bertz CT molecular complexity index is 268. The predicted octanol–water partition coefficient (Wildman–Crippen LogP) is 3.26. The van der Waals surface area contributed by atoms with Crippen molar-refractivity contribution in [3.8, 4) is 0 Å². The second-order valence-corrected chi connectivity index (χ2v) is 6.86. The molecule has 1 fully saturated rings. The van der Waals surface area contributed by atoms with Gasteiger partial charge in [0.1, 0.15) is 0 Å². The van der Waals surface area contributed by atoms with Gasteiger partial charge in [0.05, 0.1) is 6.04 Å². The van der Waals surface area contributed by atoms with Crippen LogP contribution in [0.1, 0.15) is 66.2 Å². The van der Waals surface area contributed by atoms with E-state index in [1.54, 1.807) is 0 Å². The molecule has 0 radical (unpaired) electrons. The van der Waals surface area contributed by atoms with Gasteiger partial charge in [0.2, 0.25) is 5.91 Å². The van der Waals surface area contributed by atoms with Crippen molar-refractivity contribution >= 4 is 18.3 Å². The summed E-state index contributed by atoms with van der Waals surface area (Å²) in [5.41, 5.74) is 5.81. The number of rotatable bonds is 4. The Morgan fingerprint density at radius 3 is 2.21 bits per heavy atom. The molecule has 4 heteroatoms. The van der Waals surface area contributed by atoms with E-state index in [-0.39, 0.29) is 23.7 Å².